The van der Waals surface area contributed by atoms with Gasteiger partial charge in [0.1, 0.15) is 10.7 Å². The van der Waals surface area contributed by atoms with Crippen LogP contribution in [0.1, 0.15) is 6.92 Å². The van der Waals surface area contributed by atoms with E-state index < -0.39 is 20.8 Å². The Morgan fingerprint density at radius 3 is 2.69 bits per heavy atom. The highest BCUT2D eigenvalue weighted by Crippen LogP contribution is 2.28. The summed E-state index contributed by atoms with van der Waals surface area (Å²) in [6, 6.07) is 4.63. The quantitative estimate of drug-likeness (QED) is 0.814. The molecule has 0 aromatic heterocycles. The van der Waals surface area contributed by atoms with Crippen LogP contribution in [0.2, 0.25) is 0 Å². The molecule has 0 amide bonds. The molecule has 16 heavy (non-hydrogen) atoms. The van der Waals surface area contributed by atoms with E-state index in [2.05, 4.69) is 9.71 Å². The van der Waals surface area contributed by atoms with E-state index >= 15 is 0 Å². The first-order valence-corrected chi connectivity index (χ1v) is 7.46. The van der Waals surface area contributed by atoms with Crippen LogP contribution in [-0.2, 0) is 20.8 Å². The maximum atomic E-state index is 11.7. The topological polar surface area (TPSA) is 75.6 Å². The fourth-order valence-corrected chi connectivity index (χ4v) is 3.24. The molecule has 0 radical (unpaired) electrons. The van der Waals surface area contributed by atoms with E-state index in [1.165, 1.54) is 12.3 Å². The minimum Gasteiger partial charge on any atom is -0.342 e. The Morgan fingerprint density at radius 1 is 1.38 bits per heavy atom. The van der Waals surface area contributed by atoms with Crippen molar-refractivity contribution in [2.45, 2.75) is 16.7 Å². The number of nitrogens with one attached hydrogen (secondary N) is 1. The van der Waals surface area contributed by atoms with Crippen molar-refractivity contribution >= 4 is 32.3 Å². The molecule has 0 fully saturated rings. The molecule has 1 aromatic rings. The first kappa shape index (κ1) is 11.3. The normalized spacial score (nSPS) is 19.2. The predicted molar refractivity (Wildman–Crippen MR) is 62.7 cm³/mol. The predicted octanol–water partition coefficient (Wildman–Crippen LogP) is 0.957. The molecule has 0 saturated heterocycles. The largest absolute Gasteiger partial charge is 0.342 e. The zero-order valence-electron chi connectivity index (χ0n) is 8.72. The molecular formula is C9H10N2O3S2. The number of fused-ring (bicyclic) bond motifs is 1. The Balaban J connectivity index is 2.68. The Morgan fingerprint density at radius 2 is 2.06 bits per heavy atom. The highest BCUT2D eigenvalue weighted by molar-refractivity contribution is 7.90. The first-order valence-electron chi connectivity index (χ1n) is 4.46. The van der Waals surface area contributed by atoms with Crippen LogP contribution in [0.5, 0.6) is 0 Å². The van der Waals surface area contributed by atoms with Gasteiger partial charge >= 0.3 is 0 Å². The van der Waals surface area contributed by atoms with Crippen molar-refractivity contribution in [3.05, 3.63) is 18.2 Å². The summed E-state index contributed by atoms with van der Waals surface area (Å²) in [5.74, 6) is 0.331. The van der Waals surface area contributed by atoms with Crippen LogP contribution < -0.4 is 5.32 Å². The molecule has 0 saturated carbocycles. The maximum absolute atomic E-state index is 11.7. The van der Waals surface area contributed by atoms with Gasteiger partial charge in [0.05, 0.1) is 5.69 Å². The summed E-state index contributed by atoms with van der Waals surface area (Å²) in [5.41, 5.74) is 0.474. The van der Waals surface area contributed by atoms with Crippen LogP contribution in [0.25, 0.3) is 0 Å². The fourth-order valence-electron chi connectivity index (χ4n) is 1.45. The van der Waals surface area contributed by atoms with Crippen molar-refractivity contribution in [3.8, 4) is 0 Å². The van der Waals surface area contributed by atoms with Crippen molar-refractivity contribution in [2.75, 3.05) is 11.6 Å². The third kappa shape index (κ3) is 1.88. The third-order valence-electron chi connectivity index (χ3n) is 2.14. The number of amidine groups is 1. The van der Waals surface area contributed by atoms with Gasteiger partial charge in [0.15, 0.2) is 0 Å². The Labute approximate surface area is 96.1 Å². The summed E-state index contributed by atoms with van der Waals surface area (Å²) in [7, 11) is -4.87. The molecule has 1 N–H and O–H groups in total. The summed E-state index contributed by atoms with van der Waals surface area (Å²) >= 11 is 0. The van der Waals surface area contributed by atoms with Crippen LogP contribution in [0, 0.1) is 0 Å². The SMILES string of the molecule is CC1=NS(=O)(=O)c2cc(S(C)=O)ccc2N1. The van der Waals surface area contributed by atoms with Gasteiger partial charge in [0.2, 0.25) is 0 Å². The van der Waals surface area contributed by atoms with Crippen LogP contribution in [0.3, 0.4) is 0 Å². The van der Waals surface area contributed by atoms with Gasteiger partial charge in [0, 0.05) is 22.0 Å². The van der Waals surface area contributed by atoms with Crippen molar-refractivity contribution < 1.29 is 12.6 Å². The molecule has 1 heterocycles. The molecule has 1 aromatic carbocycles. The number of benzene rings is 1. The van der Waals surface area contributed by atoms with Crippen LogP contribution in [0.4, 0.5) is 5.69 Å². The van der Waals surface area contributed by atoms with Crippen molar-refractivity contribution in [3.63, 3.8) is 0 Å². The van der Waals surface area contributed by atoms with E-state index in [1.807, 2.05) is 0 Å². The zero-order chi connectivity index (χ0) is 11.9. The molecular weight excluding hydrogens is 248 g/mol. The molecule has 0 aliphatic carbocycles. The van der Waals surface area contributed by atoms with Gasteiger partial charge in [-0.25, -0.2) is 0 Å². The number of rotatable bonds is 1. The highest BCUT2D eigenvalue weighted by Gasteiger charge is 2.23. The molecule has 1 aliphatic heterocycles. The summed E-state index contributed by atoms with van der Waals surface area (Å²) in [4.78, 5) is 0.546. The minimum atomic E-state index is -3.66. The summed E-state index contributed by atoms with van der Waals surface area (Å²) < 4.78 is 38.3. The van der Waals surface area contributed by atoms with Gasteiger partial charge in [-0.3, -0.25) is 4.21 Å². The Hall–Kier alpha value is -1.21. The Kier molecular flexibility index (Phi) is 2.59. The zero-order valence-corrected chi connectivity index (χ0v) is 10.4. The third-order valence-corrected chi connectivity index (χ3v) is 4.46. The summed E-state index contributed by atoms with van der Waals surface area (Å²) in [5, 5.41) is 2.85. The lowest BCUT2D eigenvalue weighted by Gasteiger charge is -2.16. The van der Waals surface area contributed by atoms with E-state index in [-0.39, 0.29) is 4.90 Å². The van der Waals surface area contributed by atoms with Gasteiger partial charge < -0.3 is 5.32 Å². The highest BCUT2D eigenvalue weighted by atomic mass is 32.2. The van der Waals surface area contributed by atoms with Crippen LogP contribution in [0.15, 0.2) is 32.4 Å². The second-order valence-corrected chi connectivity index (χ2v) is 6.34. The average molecular weight is 258 g/mol. The number of nitrogens with zero attached hydrogens (tertiary/aromatic N) is 1. The molecule has 86 valence electrons. The van der Waals surface area contributed by atoms with E-state index in [0.29, 0.717) is 16.4 Å². The van der Waals surface area contributed by atoms with Gasteiger partial charge in [-0.1, -0.05) is 0 Å². The second kappa shape index (κ2) is 3.67. The lowest BCUT2D eigenvalue weighted by molar-refractivity contribution is 0.597. The molecule has 1 aliphatic rings. The molecule has 5 nitrogen and oxygen atoms in total. The Bertz CT molecular complexity index is 605. The monoisotopic (exact) mass is 258 g/mol. The van der Waals surface area contributed by atoms with Gasteiger partial charge in [0.25, 0.3) is 10.0 Å². The van der Waals surface area contributed by atoms with Crippen LogP contribution >= 0.6 is 0 Å². The number of hydrogen-bond acceptors (Lipinski definition) is 4. The minimum absolute atomic E-state index is 0.0748. The molecule has 7 heteroatoms. The van der Waals surface area contributed by atoms with Gasteiger partial charge in [-0.2, -0.15) is 8.42 Å². The fraction of sp³-hybridized carbons (Fsp3) is 0.222. The standard InChI is InChI=1S/C9H10N2O3S2/c1-6-10-8-4-3-7(15(2)12)5-9(8)16(13,14)11-6/h3-5H,1-2H3,(H,10,11). The first-order chi connectivity index (χ1) is 7.40. The van der Waals surface area contributed by atoms with E-state index in [1.54, 1.807) is 19.1 Å². The molecule has 2 rings (SSSR count). The molecule has 1 atom stereocenters. The number of anilines is 1. The summed E-state index contributed by atoms with van der Waals surface area (Å²) in [6.07, 6.45) is 1.50. The molecule has 0 spiro atoms. The van der Waals surface area contributed by atoms with Gasteiger partial charge in [-0.05, 0) is 25.1 Å². The van der Waals surface area contributed by atoms with Gasteiger partial charge in [-0.15, -0.1) is 4.40 Å². The van der Waals surface area contributed by atoms with Crippen molar-refractivity contribution in [1.82, 2.24) is 0 Å². The smallest absolute Gasteiger partial charge is 0.286 e. The lowest BCUT2D eigenvalue weighted by Crippen LogP contribution is -2.18. The van der Waals surface area contributed by atoms with E-state index in [4.69, 9.17) is 0 Å². The summed E-state index contributed by atoms with van der Waals surface area (Å²) in [6.45, 7) is 1.58. The molecule has 1 unspecified atom stereocenters. The maximum Gasteiger partial charge on any atom is 0.286 e. The lowest BCUT2D eigenvalue weighted by atomic mass is 10.3. The van der Waals surface area contributed by atoms with E-state index in [0.717, 1.165) is 0 Å². The van der Waals surface area contributed by atoms with Crippen molar-refractivity contribution in [2.24, 2.45) is 4.40 Å². The number of sulfonamides is 1. The van der Waals surface area contributed by atoms with E-state index in [9.17, 15) is 12.6 Å². The van der Waals surface area contributed by atoms with Crippen molar-refractivity contribution in [1.29, 1.82) is 0 Å². The average Bonchev–Trinajstić information content (AvgIpc) is 2.15. The van der Waals surface area contributed by atoms with Crippen LogP contribution in [-0.4, -0.2) is 24.7 Å². The molecule has 0 bridgehead atoms. The number of hydrogen-bond donors (Lipinski definition) is 1. The second-order valence-electron chi connectivity index (χ2n) is 3.39.